The Hall–Kier alpha value is -11.3. The minimum Gasteiger partial charge on any atom is -0.496 e. The van der Waals surface area contributed by atoms with Crippen molar-refractivity contribution in [3.05, 3.63) is 236 Å². The Bertz CT molecular complexity index is 5270. The molecule has 2 aliphatic rings. The lowest BCUT2D eigenvalue weighted by atomic mass is 9.92. The summed E-state index contributed by atoms with van der Waals surface area (Å²) in [5, 5.41) is 1.78. The fourth-order valence-corrected chi connectivity index (χ4v) is 14.3. The van der Waals surface area contributed by atoms with Crippen molar-refractivity contribution < 1.29 is 18.9 Å². The third kappa shape index (κ3) is 10.6. The molecule has 0 spiro atoms. The number of aryl methyl sites for hydroxylation is 9. The Morgan fingerprint density at radius 3 is 1.13 bits per heavy atom. The molecule has 0 saturated heterocycles. The molecule has 14 rings (SSSR count). The molecule has 93 heavy (non-hydrogen) atoms. The Labute approximate surface area is 542 Å². The molecule has 5 aromatic heterocycles. The van der Waals surface area contributed by atoms with Gasteiger partial charge in [-0.1, -0.05) is 107 Å². The highest BCUT2D eigenvalue weighted by Crippen LogP contribution is 2.45. The maximum atomic E-state index is 6.04. The average molecular weight is 1220 g/mol. The number of rotatable bonds is 10. The van der Waals surface area contributed by atoms with E-state index < -0.39 is 0 Å². The van der Waals surface area contributed by atoms with E-state index in [2.05, 4.69) is 218 Å². The first-order valence-electron chi connectivity index (χ1n) is 31.3. The van der Waals surface area contributed by atoms with E-state index in [1.165, 1.54) is 55.6 Å². The summed E-state index contributed by atoms with van der Waals surface area (Å²) in [5.41, 5.74) is 32.0. The minimum absolute atomic E-state index is 0.593. The van der Waals surface area contributed by atoms with E-state index in [9.17, 15) is 0 Å². The van der Waals surface area contributed by atoms with Gasteiger partial charge in [-0.2, -0.15) is 0 Å². The number of nitrogens with zero attached hydrogens (tertiary/aromatic N) is 4. The predicted molar refractivity (Wildman–Crippen MR) is 383 cm³/mol. The monoisotopic (exact) mass is 1210 g/mol. The van der Waals surface area contributed by atoms with Gasteiger partial charge in [-0.05, 0) is 215 Å². The molecule has 0 aliphatic carbocycles. The van der Waals surface area contributed by atoms with Crippen molar-refractivity contribution in [1.82, 2.24) is 29.9 Å². The van der Waals surface area contributed by atoms with Crippen LogP contribution in [0.4, 0.5) is 0 Å². The molecule has 8 bridgehead atoms. The van der Waals surface area contributed by atoms with Crippen molar-refractivity contribution in [2.75, 3.05) is 28.4 Å². The summed E-state index contributed by atoms with van der Waals surface area (Å²) in [5.74, 6) is 9.61. The van der Waals surface area contributed by atoms with E-state index in [0.29, 0.717) is 56.5 Å². The summed E-state index contributed by atoms with van der Waals surface area (Å²) in [6.45, 7) is 19.7. The van der Waals surface area contributed by atoms with Gasteiger partial charge in [-0.15, -0.1) is 0 Å². The highest BCUT2D eigenvalue weighted by atomic mass is 16.5. The number of benzene rings is 7. The van der Waals surface area contributed by atoms with Crippen molar-refractivity contribution in [2.24, 2.45) is 0 Å². The van der Waals surface area contributed by atoms with Crippen LogP contribution >= 0.6 is 0 Å². The van der Waals surface area contributed by atoms with E-state index in [1.54, 1.807) is 28.4 Å². The van der Waals surface area contributed by atoms with Crippen LogP contribution in [0.25, 0.3) is 135 Å². The van der Waals surface area contributed by atoms with Gasteiger partial charge >= 0.3 is 0 Å². The van der Waals surface area contributed by atoms with Gasteiger partial charge in [0.05, 0.1) is 90.3 Å². The number of ether oxygens (including phenoxy) is 4. The Balaban J connectivity index is 0.993. The lowest BCUT2D eigenvalue weighted by Gasteiger charge is -2.16. The van der Waals surface area contributed by atoms with E-state index >= 15 is 0 Å². The average Bonchev–Trinajstić information content (AvgIpc) is 0.952. The third-order valence-electron chi connectivity index (χ3n) is 18.0. The van der Waals surface area contributed by atoms with Crippen LogP contribution < -0.4 is 18.9 Å². The topological polar surface area (TPSA) is 120 Å². The molecule has 2 aliphatic heterocycles. The van der Waals surface area contributed by atoms with Crippen molar-refractivity contribution >= 4 is 68.2 Å². The number of H-pyrrole nitrogens is 2. The maximum absolute atomic E-state index is 6.04. The van der Waals surface area contributed by atoms with Gasteiger partial charge < -0.3 is 28.9 Å². The normalized spacial score (nSPS) is 11.8. The fourth-order valence-electron chi connectivity index (χ4n) is 14.3. The van der Waals surface area contributed by atoms with Crippen molar-refractivity contribution in [3.63, 3.8) is 0 Å². The van der Waals surface area contributed by atoms with E-state index in [-0.39, 0.29) is 0 Å². The van der Waals surface area contributed by atoms with Crippen molar-refractivity contribution in [1.29, 1.82) is 0 Å². The zero-order chi connectivity index (χ0) is 64.5. The second-order valence-electron chi connectivity index (χ2n) is 24.5. The molecule has 10 nitrogen and oxygen atoms in total. The lowest BCUT2D eigenvalue weighted by molar-refractivity contribution is 0.397. The summed E-state index contributed by atoms with van der Waals surface area (Å²) in [6, 6.07) is 52.6. The fraction of sp³-hybridized carbons (Fsp3) is 0.157. The number of aromatic amines is 2. The summed E-state index contributed by atoms with van der Waals surface area (Å²) in [7, 11) is 6.61. The first kappa shape index (κ1) is 59.3. The van der Waals surface area contributed by atoms with Gasteiger partial charge in [-0.3, -0.25) is 0 Å². The van der Waals surface area contributed by atoms with Crippen LogP contribution in [0.15, 0.2) is 152 Å². The minimum atomic E-state index is 0.593. The number of aromatic nitrogens is 6. The van der Waals surface area contributed by atoms with Crippen LogP contribution in [-0.2, 0) is 0 Å². The summed E-state index contributed by atoms with van der Waals surface area (Å²) in [6.07, 6.45) is 8.72. The van der Waals surface area contributed by atoms with Crippen LogP contribution in [0.2, 0.25) is 0 Å². The van der Waals surface area contributed by atoms with E-state index in [1.807, 2.05) is 42.5 Å². The number of hydrogen-bond acceptors (Lipinski definition) is 8. The predicted octanol–water partition coefficient (Wildman–Crippen LogP) is 20.0. The van der Waals surface area contributed by atoms with Gasteiger partial charge in [0.2, 0.25) is 0 Å². The zero-order valence-electron chi connectivity index (χ0n) is 54.7. The molecule has 12 aromatic rings. The van der Waals surface area contributed by atoms with Crippen molar-refractivity contribution in [2.45, 2.75) is 62.3 Å². The largest absolute Gasteiger partial charge is 0.496 e. The van der Waals surface area contributed by atoms with Crippen LogP contribution in [0.3, 0.4) is 0 Å². The molecule has 2 N–H and O–H groups in total. The summed E-state index contributed by atoms with van der Waals surface area (Å²) < 4.78 is 23.7. The Kier molecular flexibility index (Phi) is 15.2. The molecular formula is C83H70N6O4. The number of pyridine rings is 2. The molecule has 0 unspecified atom stereocenters. The molecule has 456 valence electrons. The SMILES string of the molecule is COc1cccc(OC)c1-c1ccc2ccc3cc(C#Cc4ccc(-c5c6nc(c(-c7c(C)cc(C)cc7C)c7ccc([nH]7)c(-c7c(C)cc(C)cc7C)c7nc(c(-c8c(C)cc(C)cc8C)c8ccc5[nH]8)C=C7)C=C6)cc4)c(-c4c(OC)cccc4OC)nc3c2n1. The van der Waals surface area contributed by atoms with Gasteiger partial charge in [0.1, 0.15) is 23.0 Å². The number of fused-ring (bicyclic) bond motifs is 11. The highest BCUT2D eigenvalue weighted by molar-refractivity contribution is 6.06. The summed E-state index contributed by atoms with van der Waals surface area (Å²) >= 11 is 0. The Morgan fingerprint density at radius 1 is 0.323 bits per heavy atom. The van der Waals surface area contributed by atoms with Crippen LogP contribution in [0, 0.1) is 74.2 Å². The molecule has 0 radical (unpaired) electrons. The molecule has 0 saturated carbocycles. The third-order valence-corrected chi connectivity index (χ3v) is 18.0. The Morgan fingerprint density at radius 2 is 0.699 bits per heavy atom. The lowest BCUT2D eigenvalue weighted by Crippen LogP contribution is -1.99. The van der Waals surface area contributed by atoms with E-state index in [0.717, 1.165) is 106 Å². The van der Waals surface area contributed by atoms with Gasteiger partial charge in [-0.25, -0.2) is 19.9 Å². The molecule has 0 fully saturated rings. The molecule has 0 amide bonds. The number of methoxy groups -OCH3 is 4. The summed E-state index contributed by atoms with van der Waals surface area (Å²) in [4.78, 5) is 30.2. The number of hydrogen-bond donors (Lipinski definition) is 2. The molecular weight excluding hydrogens is 1140 g/mol. The molecule has 10 heteroatoms. The van der Waals surface area contributed by atoms with Crippen LogP contribution in [0.5, 0.6) is 23.0 Å². The second kappa shape index (κ2) is 23.8. The van der Waals surface area contributed by atoms with E-state index in [4.69, 9.17) is 38.9 Å². The quantitative estimate of drug-likeness (QED) is 0.103. The van der Waals surface area contributed by atoms with Gasteiger partial charge in [0.25, 0.3) is 0 Å². The zero-order valence-corrected chi connectivity index (χ0v) is 54.7. The smallest absolute Gasteiger partial charge is 0.132 e. The number of nitrogens with one attached hydrogen (secondary N) is 2. The maximum Gasteiger partial charge on any atom is 0.132 e. The standard InChI is InChI=1S/C83H70N6O4/c1-45-38-48(4)72(49(5)39-45)76-61-32-30-59(84-61)75(60-31-33-62(85-60)77(73-50(6)40-46(2)41-51(73)7)64-35-37-66(87-64)78(65-36-34-63(76)86-65)74-52(8)42-47(3)43-53(74)9)55-23-20-54(21-24-55)22-25-57-44-58-27-26-56-28-29-67(79-68(90-10)16-14-17-69(79)91-11)88-82(56)83(58)89-81(57)80-70(92-12)18-15-19-71(80)93-13/h14-21,23-24,26-44,84,87H,1-13H3. The van der Waals surface area contributed by atoms with Gasteiger partial charge in [0.15, 0.2) is 0 Å². The molecule has 7 aromatic carbocycles. The molecule has 7 heterocycles. The molecule has 0 atom stereocenters. The van der Waals surface area contributed by atoms with Gasteiger partial charge in [0, 0.05) is 60.7 Å². The van der Waals surface area contributed by atoms with Crippen LogP contribution in [0.1, 0.15) is 84.0 Å². The first-order chi connectivity index (χ1) is 45.1. The van der Waals surface area contributed by atoms with Crippen LogP contribution in [-0.4, -0.2) is 58.3 Å². The first-order valence-corrected chi connectivity index (χ1v) is 31.3. The highest BCUT2D eigenvalue weighted by Gasteiger charge is 2.25. The van der Waals surface area contributed by atoms with Crippen molar-refractivity contribution in [3.8, 4) is 102 Å². The second-order valence-corrected chi connectivity index (χ2v) is 24.5.